The van der Waals surface area contributed by atoms with E-state index in [1.165, 1.54) is 37.5 Å². The Kier molecular flexibility index (Phi) is 5.50. The van der Waals surface area contributed by atoms with Crippen molar-refractivity contribution < 1.29 is 9.18 Å². The first kappa shape index (κ1) is 15.7. The molecule has 1 aliphatic rings. The molecule has 0 spiro atoms. The van der Waals surface area contributed by atoms with Crippen LogP contribution in [0.1, 0.15) is 43.0 Å². The lowest BCUT2D eigenvalue weighted by molar-refractivity contribution is 0.0939. The van der Waals surface area contributed by atoms with Gasteiger partial charge in [0.1, 0.15) is 5.82 Å². The van der Waals surface area contributed by atoms with Gasteiger partial charge in [-0.2, -0.15) is 0 Å². The number of amides is 1. The molecule has 1 aromatic rings. The largest absolute Gasteiger partial charge is 0.358 e. The first-order valence-corrected chi connectivity index (χ1v) is 7.60. The van der Waals surface area contributed by atoms with E-state index >= 15 is 0 Å². The molecule has 6 heteroatoms. The number of carbonyl (C=O) groups excluding carboxylic acids is 1. The summed E-state index contributed by atoms with van der Waals surface area (Å²) in [5.41, 5.74) is 5.03. The Hall–Kier alpha value is -1.69. The summed E-state index contributed by atoms with van der Waals surface area (Å²) in [6, 6.07) is 6.14. The van der Waals surface area contributed by atoms with Crippen LogP contribution < -0.4 is 16.2 Å². The van der Waals surface area contributed by atoms with Gasteiger partial charge in [-0.15, -0.1) is 0 Å². The molecular weight excluding hydrogens is 289 g/mol. The van der Waals surface area contributed by atoms with E-state index < -0.39 is 11.7 Å². The van der Waals surface area contributed by atoms with Gasteiger partial charge in [-0.3, -0.25) is 15.6 Å². The number of halogens is 1. The highest BCUT2D eigenvalue weighted by Gasteiger charge is 2.21. The second-order valence-electron chi connectivity index (χ2n) is 5.40. The molecule has 0 saturated heterocycles. The smallest absolute Gasteiger partial charge is 0.272 e. The lowest BCUT2D eigenvalue weighted by atomic mass is 9.86. The van der Waals surface area contributed by atoms with E-state index in [-0.39, 0.29) is 5.56 Å². The topological polar surface area (TPSA) is 53.2 Å². The summed E-state index contributed by atoms with van der Waals surface area (Å²) >= 11 is 5.16. The molecule has 1 aliphatic carbocycles. The molecule has 0 radical (unpaired) electrons. The minimum Gasteiger partial charge on any atom is -0.358 e. The van der Waals surface area contributed by atoms with Gasteiger partial charge in [0, 0.05) is 6.04 Å². The Morgan fingerprint density at radius 3 is 2.67 bits per heavy atom. The molecule has 114 valence electrons. The van der Waals surface area contributed by atoms with Crippen LogP contribution in [0.15, 0.2) is 24.3 Å². The maximum Gasteiger partial charge on any atom is 0.272 e. The summed E-state index contributed by atoms with van der Waals surface area (Å²) in [5, 5.41) is 3.56. The molecule has 4 nitrogen and oxygen atoms in total. The summed E-state index contributed by atoms with van der Waals surface area (Å²) in [7, 11) is 0. The Bertz CT molecular complexity index is 523. The van der Waals surface area contributed by atoms with E-state index in [0.29, 0.717) is 17.1 Å². The van der Waals surface area contributed by atoms with Crippen molar-refractivity contribution in [1.82, 2.24) is 16.2 Å². The molecule has 0 aromatic heterocycles. The van der Waals surface area contributed by atoms with Crippen LogP contribution >= 0.6 is 12.2 Å². The molecule has 3 N–H and O–H groups in total. The third kappa shape index (κ3) is 4.39. The fraction of sp³-hybridized carbons (Fsp3) is 0.467. The van der Waals surface area contributed by atoms with Gasteiger partial charge in [0.05, 0.1) is 5.56 Å². The zero-order valence-corrected chi connectivity index (χ0v) is 12.8. The Morgan fingerprint density at radius 2 is 1.95 bits per heavy atom. The molecule has 1 saturated carbocycles. The third-order valence-corrected chi connectivity index (χ3v) is 4.06. The van der Waals surface area contributed by atoms with Gasteiger partial charge in [0.25, 0.3) is 5.91 Å². The molecular formula is C15H20FN3OS. The Balaban J connectivity index is 1.81. The first-order valence-electron chi connectivity index (χ1n) is 7.19. The van der Waals surface area contributed by atoms with Crippen molar-refractivity contribution in [2.24, 2.45) is 5.92 Å². The van der Waals surface area contributed by atoms with E-state index in [4.69, 9.17) is 12.2 Å². The molecule has 2 rings (SSSR count). The van der Waals surface area contributed by atoms with Crippen molar-refractivity contribution in [2.75, 3.05) is 0 Å². The lowest BCUT2D eigenvalue weighted by Gasteiger charge is -2.30. The number of hydrogen-bond donors (Lipinski definition) is 3. The van der Waals surface area contributed by atoms with Crippen molar-refractivity contribution in [1.29, 1.82) is 0 Å². The van der Waals surface area contributed by atoms with Gasteiger partial charge in [-0.05, 0) is 43.1 Å². The summed E-state index contributed by atoms with van der Waals surface area (Å²) < 4.78 is 13.5. The summed E-state index contributed by atoms with van der Waals surface area (Å²) in [5.74, 6) is -0.550. The van der Waals surface area contributed by atoms with Crippen LogP contribution in [-0.4, -0.2) is 17.1 Å². The average Bonchev–Trinajstić information content (AvgIpc) is 2.48. The molecule has 0 bridgehead atoms. The van der Waals surface area contributed by atoms with E-state index in [9.17, 15) is 9.18 Å². The number of benzene rings is 1. The Morgan fingerprint density at radius 1 is 1.24 bits per heavy atom. The number of rotatable bonds is 2. The Labute approximate surface area is 129 Å². The highest BCUT2D eigenvalue weighted by Crippen LogP contribution is 2.23. The average molecular weight is 309 g/mol. The monoisotopic (exact) mass is 309 g/mol. The van der Waals surface area contributed by atoms with Gasteiger partial charge in [0.2, 0.25) is 0 Å². The van der Waals surface area contributed by atoms with Crippen LogP contribution in [-0.2, 0) is 0 Å². The molecule has 1 fully saturated rings. The molecule has 0 unspecified atom stereocenters. The van der Waals surface area contributed by atoms with Crippen LogP contribution in [0.3, 0.4) is 0 Å². The van der Waals surface area contributed by atoms with Gasteiger partial charge in [0.15, 0.2) is 5.11 Å². The zero-order chi connectivity index (χ0) is 15.2. The summed E-state index contributed by atoms with van der Waals surface area (Å²) in [6.07, 6.45) is 4.70. The number of hydrogen-bond acceptors (Lipinski definition) is 2. The minimum absolute atomic E-state index is 0.0150. The fourth-order valence-corrected chi connectivity index (χ4v) is 2.76. The second-order valence-corrected chi connectivity index (χ2v) is 5.81. The van der Waals surface area contributed by atoms with Gasteiger partial charge in [-0.25, -0.2) is 4.39 Å². The standard InChI is InChI=1S/C15H20FN3OS/c1-10-6-2-5-9-13(10)17-15(21)19-18-14(20)11-7-3-4-8-12(11)16/h3-4,7-8,10,13H,2,5-6,9H2,1H3,(H,18,20)(H2,17,19,21)/t10-,13+/m0/s1. The van der Waals surface area contributed by atoms with Crippen LogP contribution in [0.25, 0.3) is 0 Å². The van der Waals surface area contributed by atoms with Gasteiger partial charge >= 0.3 is 0 Å². The normalized spacial score (nSPS) is 21.4. The molecule has 0 heterocycles. The number of carbonyl (C=O) groups is 1. The predicted octanol–water partition coefficient (Wildman–Crippen LogP) is 2.51. The molecule has 21 heavy (non-hydrogen) atoms. The fourth-order valence-electron chi connectivity index (χ4n) is 2.56. The van der Waals surface area contributed by atoms with Crippen molar-refractivity contribution in [3.8, 4) is 0 Å². The van der Waals surface area contributed by atoms with Crippen LogP contribution in [0.5, 0.6) is 0 Å². The number of thiocarbonyl (C=S) groups is 1. The highest BCUT2D eigenvalue weighted by atomic mass is 32.1. The SMILES string of the molecule is C[C@H]1CCCC[C@H]1NC(=S)NNC(=O)c1ccccc1F. The summed E-state index contributed by atoms with van der Waals surface area (Å²) in [4.78, 5) is 11.8. The third-order valence-electron chi connectivity index (χ3n) is 3.84. The molecule has 1 amide bonds. The van der Waals surface area contributed by atoms with Crippen LogP contribution in [0.2, 0.25) is 0 Å². The van der Waals surface area contributed by atoms with Crippen molar-refractivity contribution >= 4 is 23.2 Å². The zero-order valence-electron chi connectivity index (χ0n) is 12.0. The van der Waals surface area contributed by atoms with E-state index in [2.05, 4.69) is 23.1 Å². The predicted molar refractivity (Wildman–Crippen MR) is 84.2 cm³/mol. The van der Waals surface area contributed by atoms with Crippen LogP contribution in [0.4, 0.5) is 4.39 Å². The molecule has 2 atom stereocenters. The maximum atomic E-state index is 13.5. The summed E-state index contributed by atoms with van der Waals surface area (Å²) in [6.45, 7) is 2.19. The van der Waals surface area contributed by atoms with Crippen molar-refractivity contribution in [3.05, 3.63) is 35.6 Å². The van der Waals surface area contributed by atoms with Crippen molar-refractivity contribution in [3.63, 3.8) is 0 Å². The van der Waals surface area contributed by atoms with E-state index in [1.807, 2.05) is 0 Å². The first-order chi connectivity index (χ1) is 10.1. The lowest BCUT2D eigenvalue weighted by Crippen LogP contribution is -2.51. The van der Waals surface area contributed by atoms with Gasteiger partial charge < -0.3 is 5.32 Å². The van der Waals surface area contributed by atoms with Crippen LogP contribution in [0, 0.1) is 11.7 Å². The number of nitrogens with one attached hydrogen (secondary N) is 3. The highest BCUT2D eigenvalue weighted by molar-refractivity contribution is 7.80. The maximum absolute atomic E-state index is 13.5. The minimum atomic E-state index is -0.559. The quantitative estimate of drug-likeness (QED) is 0.580. The van der Waals surface area contributed by atoms with Crippen molar-refractivity contribution in [2.45, 2.75) is 38.6 Å². The molecule has 0 aliphatic heterocycles. The van der Waals surface area contributed by atoms with E-state index in [0.717, 1.165) is 6.42 Å². The molecule has 1 aromatic carbocycles. The second kappa shape index (κ2) is 7.36. The van der Waals surface area contributed by atoms with E-state index in [1.54, 1.807) is 6.07 Å². The number of hydrazine groups is 1. The van der Waals surface area contributed by atoms with Gasteiger partial charge in [-0.1, -0.05) is 31.9 Å².